The van der Waals surface area contributed by atoms with Gasteiger partial charge in [-0.2, -0.15) is 0 Å². The predicted molar refractivity (Wildman–Crippen MR) is 20.9 cm³/mol. The third kappa shape index (κ3) is 187. The second-order valence-electron chi connectivity index (χ2n) is 0.0745. The molecule has 0 saturated heterocycles. The summed E-state index contributed by atoms with van der Waals surface area (Å²) in [5.74, 6) is 0. The van der Waals surface area contributed by atoms with E-state index in [-0.39, 0.29) is 35.7 Å². The fraction of sp³-hybridized carbons (Fsp3) is 0. The van der Waals surface area contributed by atoms with Crippen molar-refractivity contribution in [3.05, 3.63) is 10.1 Å². The van der Waals surface area contributed by atoms with Gasteiger partial charge >= 0.3 is 0 Å². The van der Waals surface area contributed by atoms with Crippen LogP contribution in [0.4, 0.5) is 0 Å². The maximum Gasteiger partial charge on any atom is 0 e. The molecule has 0 spiro atoms. The maximum absolute atomic E-state index is 8.00. The van der Waals surface area contributed by atoms with E-state index in [0.29, 0.717) is 0 Å². The molecule has 4 nitrogen and oxygen atoms in total. The van der Waals surface area contributed by atoms with E-state index in [4.69, 9.17) is 10.1 Å². The number of hydrogen-bond acceptors (Lipinski definition) is 3. The van der Waals surface area contributed by atoms with E-state index < -0.39 is 0 Å². The topological polar surface area (TPSA) is 89.0 Å². The Labute approximate surface area is 51.4 Å². The molecule has 0 unspecified atom stereocenters. The van der Waals surface area contributed by atoms with Gasteiger partial charge in [-0.15, -0.1) is 5.34 Å². The van der Waals surface area contributed by atoms with Gasteiger partial charge in [0.25, 0.3) is 0 Å². The normalized spacial score (nSPS) is 2.40. The molecule has 5 heteroatoms. The van der Waals surface area contributed by atoms with E-state index in [1.807, 2.05) is 0 Å². The second kappa shape index (κ2) is 26.6. The second-order valence-corrected chi connectivity index (χ2v) is 0.0745. The fourth-order valence-electron chi connectivity index (χ4n) is 0. The first-order valence-electron chi connectivity index (χ1n) is 0.365. The van der Waals surface area contributed by atoms with E-state index in [0.717, 1.165) is 5.34 Å². The van der Waals surface area contributed by atoms with Gasteiger partial charge in [-0.25, -0.2) is 0 Å². The summed E-state index contributed by atoms with van der Waals surface area (Å²) in [5.41, 5.74) is 0. The van der Waals surface area contributed by atoms with Crippen LogP contribution in [-0.2, 0) is 0 Å². The van der Waals surface area contributed by atoms with Crippen molar-refractivity contribution in [2.75, 3.05) is 0 Å². The van der Waals surface area contributed by atoms with E-state index in [2.05, 4.69) is 0 Å². The Morgan fingerprint density at radius 3 is 1.60 bits per heavy atom. The molecule has 4 N–H and O–H groups in total. The van der Waals surface area contributed by atoms with Gasteiger partial charge in [-0.05, 0) is 0 Å². The Bertz CT molecular complexity index is 15.1. The molecule has 0 aromatic carbocycles. The maximum atomic E-state index is 8.00. The first-order valence-corrected chi connectivity index (χ1v) is 0.365. The summed E-state index contributed by atoms with van der Waals surface area (Å²) < 4.78 is 0. The van der Waals surface area contributed by atoms with Crippen LogP contribution in [0.1, 0.15) is 0 Å². The minimum atomic E-state index is 0. The Morgan fingerprint density at radius 2 is 1.60 bits per heavy atom. The van der Waals surface area contributed by atoms with Crippen molar-refractivity contribution >= 4 is 29.6 Å². The molecule has 0 fully saturated rings. The molecule has 1 radical (unpaired) electrons. The molecule has 0 aromatic heterocycles. The van der Waals surface area contributed by atoms with Crippen molar-refractivity contribution < 1.29 is 0 Å². The monoisotopic (exact) mass is 87.0 g/mol. The van der Waals surface area contributed by atoms with E-state index >= 15 is 0 Å². The number of nitrogens with zero attached hydrogens (tertiary/aromatic N) is 1. The van der Waals surface area contributed by atoms with E-state index in [9.17, 15) is 0 Å². The van der Waals surface area contributed by atoms with Crippen LogP contribution < -0.4 is 6.15 Å². The average molecular weight is 87.0 g/mol. The average Bonchev–Trinajstić information content (AvgIpc) is 0.918. The van der Waals surface area contributed by atoms with E-state index in [1.165, 1.54) is 0 Å². The summed E-state index contributed by atoms with van der Waals surface area (Å²) in [6.45, 7) is 0. The van der Waals surface area contributed by atoms with E-state index in [1.54, 1.807) is 0 Å². The number of hydrogen-bond donors (Lipinski definition) is 1. The fourth-order valence-corrected chi connectivity index (χ4v) is 0. The van der Waals surface area contributed by atoms with Gasteiger partial charge in [0.15, 0.2) is 0 Å². The minimum Gasteiger partial charge on any atom is -0.444 e. The molecule has 0 bridgehead atoms. The molecule has 0 rings (SSSR count). The molecular formula is H4N2NaO2. The number of quaternary nitrogens is 1. The third-order valence-electron chi connectivity index (χ3n) is 0. The smallest absolute Gasteiger partial charge is 0 e. The largest absolute Gasteiger partial charge is 0.444 e. The van der Waals surface area contributed by atoms with Crippen molar-refractivity contribution in [3.63, 3.8) is 0 Å². The first-order chi connectivity index (χ1) is 1.41. The van der Waals surface area contributed by atoms with Gasteiger partial charge in [-0.3, -0.25) is 0 Å². The Morgan fingerprint density at radius 1 is 1.60 bits per heavy atom. The standard InChI is InChI=1S/HNO2.H3N.Na/c2-1-3;;/h(H,2,3);1H3;. The zero-order valence-corrected chi connectivity index (χ0v) is 5.26. The molecule has 0 saturated carbocycles. The Kier molecular flexibility index (Phi) is 97.4. The molecule has 5 heavy (non-hydrogen) atoms. The summed E-state index contributed by atoms with van der Waals surface area (Å²) in [5, 5.41) is 9.00. The zero-order valence-electron chi connectivity index (χ0n) is 3.26. The van der Waals surface area contributed by atoms with Gasteiger partial charge in [0.2, 0.25) is 0 Å². The van der Waals surface area contributed by atoms with Crippen molar-refractivity contribution in [2.24, 2.45) is 5.34 Å². The molecule has 0 aliphatic carbocycles. The van der Waals surface area contributed by atoms with Crippen molar-refractivity contribution in [1.82, 2.24) is 6.15 Å². The van der Waals surface area contributed by atoms with Gasteiger partial charge in [0.05, 0.1) is 0 Å². The molecule has 27 valence electrons. The first kappa shape index (κ1) is 18.3. The van der Waals surface area contributed by atoms with Crippen LogP contribution in [0.25, 0.3) is 0 Å². The molecule has 0 aliphatic rings. The summed E-state index contributed by atoms with van der Waals surface area (Å²) >= 11 is 0. The molecule has 0 aliphatic heterocycles. The van der Waals surface area contributed by atoms with Crippen molar-refractivity contribution in [1.29, 1.82) is 0 Å². The Balaban J connectivity index is -0.0000000200. The summed E-state index contributed by atoms with van der Waals surface area (Å²) in [6, 6.07) is 0. The van der Waals surface area contributed by atoms with Gasteiger partial charge < -0.3 is 16.3 Å². The Hall–Kier alpha value is 0.360. The van der Waals surface area contributed by atoms with Crippen LogP contribution in [0.15, 0.2) is 5.34 Å². The predicted octanol–water partition coefficient (Wildman–Crippen LogP) is 0.246. The molecular weight excluding hydrogens is 83.0 g/mol. The van der Waals surface area contributed by atoms with Crippen LogP contribution >= 0.6 is 0 Å². The van der Waals surface area contributed by atoms with Crippen LogP contribution in [0.5, 0.6) is 0 Å². The zero-order chi connectivity index (χ0) is 2.71. The van der Waals surface area contributed by atoms with Crippen LogP contribution in [-0.4, -0.2) is 29.6 Å². The van der Waals surface area contributed by atoms with Crippen molar-refractivity contribution in [2.45, 2.75) is 0 Å². The number of rotatable bonds is 0. The van der Waals surface area contributed by atoms with Gasteiger partial charge in [0.1, 0.15) is 0 Å². The van der Waals surface area contributed by atoms with Crippen LogP contribution in [0, 0.1) is 10.1 Å². The third-order valence-corrected chi connectivity index (χ3v) is 0. The van der Waals surface area contributed by atoms with Gasteiger partial charge in [0, 0.05) is 29.6 Å². The summed E-state index contributed by atoms with van der Waals surface area (Å²) in [7, 11) is 0. The molecule has 0 atom stereocenters. The van der Waals surface area contributed by atoms with Crippen LogP contribution in [0.2, 0.25) is 0 Å². The summed E-state index contributed by atoms with van der Waals surface area (Å²) in [6.07, 6.45) is 0. The molecule has 0 amide bonds. The van der Waals surface area contributed by atoms with Crippen molar-refractivity contribution in [3.8, 4) is 0 Å². The van der Waals surface area contributed by atoms with Gasteiger partial charge in [-0.1, -0.05) is 0 Å². The minimum absolute atomic E-state index is 0. The quantitative estimate of drug-likeness (QED) is 0.260. The van der Waals surface area contributed by atoms with Crippen LogP contribution in [0.3, 0.4) is 0 Å². The SMILES string of the molecule is O=N[O-].[NH4+].[Na]. The molecule has 0 aromatic rings. The molecule has 0 heterocycles. The summed E-state index contributed by atoms with van der Waals surface area (Å²) in [4.78, 5) is 8.00.